The van der Waals surface area contributed by atoms with Crippen molar-refractivity contribution in [3.05, 3.63) is 41.7 Å². The molecule has 0 bridgehead atoms. The minimum atomic E-state index is 0.427. The average molecular weight is 286 g/mol. The van der Waals surface area contributed by atoms with Crippen molar-refractivity contribution in [2.45, 2.75) is 26.8 Å². The molecule has 0 spiro atoms. The third-order valence-corrected chi connectivity index (χ3v) is 3.04. The highest BCUT2D eigenvalue weighted by Crippen LogP contribution is 2.26. The second kappa shape index (κ2) is 6.92. The summed E-state index contributed by atoms with van der Waals surface area (Å²) in [5.74, 6) is 2.27. The Balaban J connectivity index is 2.20. The van der Waals surface area contributed by atoms with Crippen molar-refractivity contribution in [3.63, 3.8) is 0 Å². The number of ether oxygens (including phenoxy) is 1. The van der Waals surface area contributed by atoms with Crippen LogP contribution in [0.25, 0.3) is 0 Å². The number of hydrogen-bond acceptors (Lipinski definition) is 5. The van der Waals surface area contributed by atoms with Crippen LogP contribution in [0.3, 0.4) is 0 Å². The Hall–Kier alpha value is -2.30. The molecule has 0 radical (unpaired) electrons. The van der Waals surface area contributed by atoms with Gasteiger partial charge in [-0.1, -0.05) is 44.2 Å². The molecule has 1 aromatic carbocycles. The third-order valence-electron chi connectivity index (χ3n) is 3.04. The zero-order valence-electron chi connectivity index (χ0n) is 12.8. The summed E-state index contributed by atoms with van der Waals surface area (Å²) in [5, 5.41) is 3.26. The fourth-order valence-electron chi connectivity index (χ4n) is 2.02. The van der Waals surface area contributed by atoms with Gasteiger partial charge in [0.15, 0.2) is 5.82 Å². The molecule has 112 valence electrons. The van der Waals surface area contributed by atoms with Crippen molar-refractivity contribution in [3.8, 4) is 5.88 Å². The first-order chi connectivity index (χ1) is 10.1. The minimum absolute atomic E-state index is 0.427. The zero-order chi connectivity index (χ0) is 15.2. The summed E-state index contributed by atoms with van der Waals surface area (Å²) in [6.45, 7) is 4.92. The SMILES string of the molecule is COc1nc(CC(C)C)nc(NCc2ccccc2)c1N. The van der Waals surface area contributed by atoms with Crippen LogP contribution in [0.1, 0.15) is 25.2 Å². The van der Waals surface area contributed by atoms with Crippen LogP contribution >= 0.6 is 0 Å². The van der Waals surface area contributed by atoms with E-state index in [1.54, 1.807) is 7.11 Å². The van der Waals surface area contributed by atoms with Crippen molar-refractivity contribution < 1.29 is 4.74 Å². The topological polar surface area (TPSA) is 73.1 Å². The van der Waals surface area contributed by atoms with E-state index in [4.69, 9.17) is 10.5 Å². The van der Waals surface area contributed by atoms with Crippen LogP contribution < -0.4 is 15.8 Å². The van der Waals surface area contributed by atoms with Crippen LogP contribution in [-0.2, 0) is 13.0 Å². The number of anilines is 2. The van der Waals surface area contributed by atoms with E-state index >= 15 is 0 Å². The van der Waals surface area contributed by atoms with Gasteiger partial charge in [-0.15, -0.1) is 0 Å². The minimum Gasteiger partial charge on any atom is -0.479 e. The molecule has 0 fully saturated rings. The van der Waals surface area contributed by atoms with Gasteiger partial charge < -0.3 is 15.8 Å². The Morgan fingerprint density at radius 3 is 2.52 bits per heavy atom. The van der Waals surface area contributed by atoms with E-state index in [1.807, 2.05) is 18.2 Å². The van der Waals surface area contributed by atoms with Crippen molar-refractivity contribution >= 4 is 11.5 Å². The maximum absolute atomic E-state index is 6.05. The highest BCUT2D eigenvalue weighted by Gasteiger charge is 2.13. The fraction of sp³-hybridized carbons (Fsp3) is 0.375. The molecule has 2 aromatic rings. The van der Waals surface area contributed by atoms with E-state index in [2.05, 4.69) is 41.3 Å². The molecule has 1 aromatic heterocycles. The Kier molecular flexibility index (Phi) is 4.98. The average Bonchev–Trinajstić information content (AvgIpc) is 2.48. The maximum atomic E-state index is 6.05. The molecule has 0 unspecified atom stereocenters. The quantitative estimate of drug-likeness (QED) is 0.854. The van der Waals surface area contributed by atoms with Gasteiger partial charge in [0.1, 0.15) is 11.5 Å². The van der Waals surface area contributed by atoms with Gasteiger partial charge in [0.2, 0.25) is 5.88 Å². The zero-order valence-corrected chi connectivity index (χ0v) is 12.8. The molecule has 5 nitrogen and oxygen atoms in total. The third kappa shape index (κ3) is 4.08. The Morgan fingerprint density at radius 1 is 1.19 bits per heavy atom. The van der Waals surface area contributed by atoms with E-state index in [0.29, 0.717) is 29.8 Å². The standard InChI is InChI=1S/C16H22N4O/c1-11(2)9-13-19-15(14(17)16(20-13)21-3)18-10-12-7-5-4-6-8-12/h4-8,11H,9-10,17H2,1-3H3,(H,18,19,20). The first-order valence-corrected chi connectivity index (χ1v) is 7.08. The number of aromatic nitrogens is 2. The lowest BCUT2D eigenvalue weighted by Crippen LogP contribution is -2.11. The number of hydrogen-bond donors (Lipinski definition) is 2. The smallest absolute Gasteiger partial charge is 0.242 e. The summed E-state index contributed by atoms with van der Waals surface area (Å²) in [5.41, 5.74) is 7.66. The Labute approximate surface area is 125 Å². The van der Waals surface area contributed by atoms with Gasteiger partial charge in [-0.3, -0.25) is 0 Å². The molecule has 21 heavy (non-hydrogen) atoms. The number of nitrogens with two attached hydrogens (primary N) is 1. The summed E-state index contributed by atoms with van der Waals surface area (Å²) in [7, 11) is 1.57. The summed E-state index contributed by atoms with van der Waals surface area (Å²) < 4.78 is 5.24. The largest absolute Gasteiger partial charge is 0.479 e. The van der Waals surface area contributed by atoms with Gasteiger partial charge in [-0.05, 0) is 11.5 Å². The molecule has 3 N–H and O–H groups in total. The highest BCUT2D eigenvalue weighted by atomic mass is 16.5. The monoisotopic (exact) mass is 286 g/mol. The van der Waals surface area contributed by atoms with Crippen molar-refractivity contribution in [2.75, 3.05) is 18.2 Å². The van der Waals surface area contributed by atoms with E-state index < -0.39 is 0 Å². The lowest BCUT2D eigenvalue weighted by atomic mass is 10.1. The molecule has 0 aliphatic rings. The van der Waals surface area contributed by atoms with Gasteiger partial charge >= 0.3 is 0 Å². The molecule has 0 saturated heterocycles. The van der Waals surface area contributed by atoms with E-state index in [1.165, 1.54) is 5.56 Å². The molecule has 5 heteroatoms. The predicted octanol–water partition coefficient (Wildman–Crippen LogP) is 2.88. The van der Waals surface area contributed by atoms with Crippen LogP contribution in [0.15, 0.2) is 30.3 Å². The molecule has 0 atom stereocenters. The number of nitrogen functional groups attached to an aromatic ring is 1. The molecule has 2 rings (SSSR count). The molecular formula is C16H22N4O. The van der Waals surface area contributed by atoms with Crippen LogP contribution in [0, 0.1) is 5.92 Å². The number of rotatable bonds is 6. The van der Waals surface area contributed by atoms with E-state index in [-0.39, 0.29) is 0 Å². The first-order valence-electron chi connectivity index (χ1n) is 7.08. The molecule has 0 amide bonds. The number of nitrogens with one attached hydrogen (secondary N) is 1. The predicted molar refractivity (Wildman–Crippen MR) is 85.3 cm³/mol. The molecule has 0 saturated carbocycles. The van der Waals surface area contributed by atoms with Crippen LogP contribution in [-0.4, -0.2) is 17.1 Å². The van der Waals surface area contributed by atoms with Gasteiger partial charge in [-0.25, -0.2) is 4.98 Å². The number of nitrogens with zero attached hydrogens (tertiary/aromatic N) is 2. The number of benzene rings is 1. The van der Waals surface area contributed by atoms with Gasteiger partial charge in [0, 0.05) is 13.0 Å². The summed E-state index contributed by atoms with van der Waals surface area (Å²) >= 11 is 0. The maximum Gasteiger partial charge on any atom is 0.242 e. The van der Waals surface area contributed by atoms with Gasteiger partial charge in [-0.2, -0.15) is 4.98 Å². The van der Waals surface area contributed by atoms with Gasteiger partial charge in [0.25, 0.3) is 0 Å². The second-order valence-electron chi connectivity index (χ2n) is 5.35. The Morgan fingerprint density at radius 2 is 1.90 bits per heavy atom. The van der Waals surface area contributed by atoms with E-state index in [0.717, 1.165) is 12.2 Å². The van der Waals surface area contributed by atoms with Crippen molar-refractivity contribution in [1.82, 2.24) is 9.97 Å². The summed E-state index contributed by atoms with van der Waals surface area (Å²) in [6, 6.07) is 10.1. The summed E-state index contributed by atoms with van der Waals surface area (Å²) in [6.07, 6.45) is 0.788. The van der Waals surface area contributed by atoms with Gasteiger partial charge in [0.05, 0.1) is 7.11 Å². The first kappa shape index (κ1) is 15.1. The normalized spacial score (nSPS) is 10.7. The van der Waals surface area contributed by atoms with E-state index in [9.17, 15) is 0 Å². The van der Waals surface area contributed by atoms with Crippen LogP contribution in [0.4, 0.5) is 11.5 Å². The molecule has 0 aliphatic heterocycles. The van der Waals surface area contributed by atoms with Crippen LogP contribution in [0.5, 0.6) is 5.88 Å². The molecule has 1 heterocycles. The fourth-order valence-corrected chi connectivity index (χ4v) is 2.02. The molecular weight excluding hydrogens is 264 g/mol. The lowest BCUT2D eigenvalue weighted by Gasteiger charge is -2.13. The highest BCUT2D eigenvalue weighted by molar-refractivity contribution is 5.67. The van der Waals surface area contributed by atoms with Crippen molar-refractivity contribution in [1.29, 1.82) is 0 Å². The van der Waals surface area contributed by atoms with Crippen LogP contribution in [0.2, 0.25) is 0 Å². The Bertz CT molecular complexity index is 584. The lowest BCUT2D eigenvalue weighted by molar-refractivity contribution is 0.396. The number of methoxy groups -OCH3 is 1. The molecule has 0 aliphatic carbocycles. The summed E-state index contributed by atoms with van der Waals surface area (Å²) in [4.78, 5) is 8.86. The second-order valence-corrected chi connectivity index (χ2v) is 5.35. The van der Waals surface area contributed by atoms with Crippen molar-refractivity contribution in [2.24, 2.45) is 5.92 Å².